The van der Waals surface area contributed by atoms with Crippen molar-refractivity contribution in [2.24, 2.45) is 11.3 Å². The summed E-state index contributed by atoms with van der Waals surface area (Å²) >= 11 is 0. The highest BCUT2D eigenvalue weighted by molar-refractivity contribution is 5.12. The van der Waals surface area contributed by atoms with Crippen molar-refractivity contribution in [2.45, 2.75) is 76.9 Å². The Labute approximate surface area is 144 Å². The highest BCUT2D eigenvalue weighted by atomic mass is 16.5. The Morgan fingerprint density at radius 2 is 1.92 bits per heavy atom. The fraction of sp³-hybridized carbons (Fsp3) is 0.895. The molecule has 0 bridgehead atoms. The monoisotopic (exact) mass is 330 g/mol. The predicted molar refractivity (Wildman–Crippen MR) is 91.6 cm³/mol. The molecule has 0 N–H and O–H groups in total. The van der Waals surface area contributed by atoms with Gasteiger partial charge in [-0.25, -0.2) is 0 Å². The number of aromatic nitrogens is 3. The Morgan fingerprint density at radius 3 is 2.71 bits per heavy atom. The minimum Gasteiger partial charge on any atom is -0.381 e. The molecule has 3 fully saturated rings. The third-order valence-corrected chi connectivity index (χ3v) is 7.13. The number of rotatable bonds is 3. The average molecular weight is 330 g/mol. The maximum absolute atomic E-state index is 5.62. The molecule has 132 valence electrons. The molecule has 1 aliphatic carbocycles. The van der Waals surface area contributed by atoms with Crippen LogP contribution in [0.5, 0.6) is 0 Å². The molecule has 1 aromatic heterocycles. The van der Waals surface area contributed by atoms with E-state index >= 15 is 0 Å². The van der Waals surface area contributed by atoms with Gasteiger partial charge >= 0.3 is 0 Å². The van der Waals surface area contributed by atoms with Gasteiger partial charge in [0.1, 0.15) is 11.6 Å². The summed E-state index contributed by atoms with van der Waals surface area (Å²) in [4.78, 5) is 2.73. The lowest BCUT2D eigenvalue weighted by Crippen LogP contribution is -2.69. The fourth-order valence-corrected chi connectivity index (χ4v) is 5.78. The van der Waals surface area contributed by atoms with Gasteiger partial charge in [-0.15, -0.1) is 10.2 Å². The molecule has 0 aromatic carbocycles. The van der Waals surface area contributed by atoms with Crippen LogP contribution < -0.4 is 0 Å². The van der Waals surface area contributed by atoms with E-state index in [1.54, 1.807) is 0 Å². The largest absolute Gasteiger partial charge is 0.381 e. The SMILES string of the molecule is C1CCc2nnc(CN3CC4(CCC4)C3C3CCOCC3)n2CC1. The van der Waals surface area contributed by atoms with Crippen LogP contribution in [0.25, 0.3) is 0 Å². The van der Waals surface area contributed by atoms with Crippen molar-refractivity contribution >= 4 is 0 Å². The molecular weight excluding hydrogens is 300 g/mol. The van der Waals surface area contributed by atoms with Gasteiger partial charge in [0.15, 0.2) is 0 Å². The number of hydrogen-bond acceptors (Lipinski definition) is 4. The third kappa shape index (κ3) is 2.43. The molecule has 5 heteroatoms. The third-order valence-electron chi connectivity index (χ3n) is 7.13. The molecule has 1 aromatic rings. The summed E-state index contributed by atoms with van der Waals surface area (Å²) in [6.07, 6.45) is 11.8. The first kappa shape index (κ1) is 15.3. The first-order valence-corrected chi connectivity index (χ1v) is 10.1. The first-order chi connectivity index (χ1) is 11.9. The lowest BCUT2D eigenvalue weighted by atomic mass is 9.54. The van der Waals surface area contributed by atoms with Crippen LogP contribution in [0, 0.1) is 11.3 Å². The summed E-state index contributed by atoms with van der Waals surface area (Å²) < 4.78 is 8.05. The zero-order chi connectivity index (χ0) is 16.0. The lowest BCUT2D eigenvalue weighted by Gasteiger charge is -2.65. The Balaban J connectivity index is 1.34. The van der Waals surface area contributed by atoms with Gasteiger partial charge in [0.05, 0.1) is 6.54 Å². The second-order valence-corrected chi connectivity index (χ2v) is 8.51. The Kier molecular flexibility index (Phi) is 3.89. The molecule has 4 aliphatic rings. The number of aryl methyl sites for hydroxylation is 1. The molecule has 5 rings (SSSR count). The maximum Gasteiger partial charge on any atom is 0.147 e. The van der Waals surface area contributed by atoms with E-state index in [1.807, 2.05) is 0 Å². The van der Waals surface area contributed by atoms with E-state index in [2.05, 4.69) is 19.7 Å². The Hall–Kier alpha value is -0.940. The quantitative estimate of drug-likeness (QED) is 0.855. The molecule has 1 unspecified atom stereocenters. The number of likely N-dealkylation sites (tertiary alicyclic amines) is 1. The average Bonchev–Trinajstić information content (AvgIpc) is 2.77. The van der Waals surface area contributed by atoms with E-state index in [9.17, 15) is 0 Å². The van der Waals surface area contributed by atoms with E-state index in [0.29, 0.717) is 5.41 Å². The summed E-state index contributed by atoms with van der Waals surface area (Å²) in [5.41, 5.74) is 0.643. The summed E-state index contributed by atoms with van der Waals surface area (Å²) in [5, 5.41) is 9.08. The molecule has 1 spiro atoms. The number of fused-ring (bicyclic) bond motifs is 1. The predicted octanol–water partition coefficient (Wildman–Crippen LogP) is 2.79. The van der Waals surface area contributed by atoms with Crippen LogP contribution in [0.4, 0.5) is 0 Å². The minimum absolute atomic E-state index is 0.643. The van der Waals surface area contributed by atoms with Gasteiger partial charge in [0, 0.05) is 38.8 Å². The van der Waals surface area contributed by atoms with E-state index in [1.165, 1.54) is 69.6 Å². The zero-order valence-corrected chi connectivity index (χ0v) is 14.8. The molecule has 24 heavy (non-hydrogen) atoms. The Morgan fingerprint density at radius 1 is 1.04 bits per heavy atom. The molecule has 0 radical (unpaired) electrons. The van der Waals surface area contributed by atoms with Crippen LogP contribution in [0.1, 0.15) is 63.0 Å². The Bertz CT molecular complexity index is 588. The van der Waals surface area contributed by atoms with Gasteiger partial charge in [0.25, 0.3) is 0 Å². The minimum atomic E-state index is 0.643. The number of nitrogens with zero attached hydrogens (tertiary/aromatic N) is 4. The van der Waals surface area contributed by atoms with Gasteiger partial charge in [0.2, 0.25) is 0 Å². The summed E-state index contributed by atoms with van der Waals surface area (Å²) in [5.74, 6) is 3.28. The number of hydrogen-bond donors (Lipinski definition) is 0. The summed E-state index contributed by atoms with van der Waals surface area (Å²) in [7, 11) is 0. The van der Waals surface area contributed by atoms with Gasteiger partial charge < -0.3 is 9.30 Å². The van der Waals surface area contributed by atoms with Crippen molar-refractivity contribution in [3.63, 3.8) is 0 Å². The van der Waals surface area contributed by atoms with Crippen molar-refractivity contribution in [3.05, 3.63) is 11.6 Å². The van der Waals surface area contributed by atoms with E-state index in [-0.39, 0.29) is 0 Å². The van der Waals surface area contributed by atoms with Gasteiger partial charge in [-0.3, -0.25) is 4.90 Å². The van der Waals surface area contributed by atoms with E-state index < -0.39 is 0 Å². The highest BCUT2D eigenvalue weighted by Crippen LogP contribution is 2.56. The van der Waals surface area contributed by atoms with Crippen molar-refractivity contribution in [2.75, 3.05) is 19.8 Å². The standard InChI is InChI=1S/C19H30N4O/c1-2-5-16-20-21-17(23(16)10-3-1)13-22-14-19(8-4-9-19)18(22)15-6-11-24-12-7-15/h15,18H,1-14H2. The molecule has 3 aliphatic heterocycles. The maximum atomic E-state index is 5.62. The fourth-order valence-electron chi connectivity index (χ4n) is 5.78. The summed E-state index contributed by atoms with van der Waals surface area (Å²) in [6, 6.07) is 0.772. The topological polar surface area (TPSA) is 43.2 Å². The van der Waals surface area contributed by atoms with Crippen molar-refractivity contribution in [1.29, 1.82) is 0 Å². The second kappa shape index (κ2) is 6.10. The van der Waals surface area contributed by atoms with Gasteiger partial charge in [-0.2, -0.15) is 0 Å². The van der Waals surface area contributed by atoms with Crippen LogP contribution in [0.2, 0.25) is 0 Å². The first-order valence-electron chi connectivity index (χ1n) is 10.1. The van der Waals surface area contributed by atoms with Crippen LogP contribution in [-0.4, -0.2) is 45.5 Å². The smallest absolute Gasteiger partial charge is 0.147 e. The molecule has 5 nitrogen and oxygen atoms in total. The van der Waals surface area contributed by atoms with Crippen LogP contribution in [0.15, 0.2) is 0 Å². The van der Waals surface area contributed by atoms with Gasteiger partial charge in [-0.05, 0) is 49.9 Å². The molecule has 1 saturated carbocycles. The molecule has 4 heterocycles. The van der Waals surface area contributed by atoms with Crippen molar-refractivity contribution in [3.8, 4) is 0 Å². The normalized spacial score (nSPS) is 30.4. The van der Waals surface area contributed by atoms with E-state index in [4.69, 9.17) is 4.74 Å². The second-order valence-electron chi connectivity index (χ2n) is 8.51. The zero-order valence-electron chi connectivity index (χ0n) is 14.8. The van der Waals surface area contributed by atoms with Crippen molar-refractivity contribution in [1.82, 2.24) is 19.7 Å². The lowest BCUT2D eigenvalue weighted by molar-refractivity contribution is -0.167. The highest BCUT2D eigenvalue weighted by Gasteiger charge is 2.58. The van der Waals surface area contributed by atoms with Crippen LogP contribution in [-0.2, 0) is 24.2 Å². The number of ether oxygens (including phenoxy) is 1. The van der Waals surface area contributed by atoms with Crippen molar-refractivity contribution < 1.29 is 4.74 Å². The molecule has 2 saturated heterocycles. The van der Waals surface area contributed by atoms with Gasteiger partial charge in [-0.1, -0.05) is 12.8 Å². The van der Waals surface area contributed by atoms with E-state index in [0.717, 1.165) is 44.7 Å². The van der Waals surface area contributed by atoms with Crippen LogP contribution >= 0.6 is 0 Å². The molecule has 0 amide bonds. The summed E-state index contributed by atoms with van der Waals surface area (Å²) in [6.45, 7) is 5.35. The molecular formula is C19H30N4O. The molecule has 1 atom stereocenters. The van der Waals surface area contributed by atoms with Crippen LogP contribution in [0.3, 0.4) is 0 Å².